The lowest BCUT2D eigenvalue weighted by atomic mass is 9.75. The van der Waals surface area contributed by atoms with Crippen LogP contribution in [0, 0.1) is 17.8 Å². The summed E-state index contributed by atoms with van der Waals surface area (Å²) < 4.78 is 17.2. The van der Waals surface area contributed by atoms with E-state index in [1.165, 1.54) is 0 Å². The zero-order chi connectivity index (χ0) is 25.6. The lowest BCUT2D eigenvalue weighted by molar-refractivity contribution is -0.156. The minimum Gasteiger partial charge on any atom is -0.444 e. The minimum atomic E-state index is -0.463. The van der Waals surface area contributed by atoms with E-state index in [1.54, 1.807) is 0 Å². The monoisotopic (exact) mass is 509 g/mol. The number of hydrazine groups is 1. The molecule has 0 aromatic rings. The van der Waals surface area contributed by atoms with Crippen LogP contribution in [-0.2, 0) is 19.0 Å². The van der Waals surface area contributed by atoms with Crippen molar-refractivity contribution >= 4 is 6.09 Å². The molecule has 36 heavy (non-hydrogen) atoms. The number of likely N-dealkylation sites (tertiary alicyclic amines) is 1. The molecular formula is C26H47N5O5. The van der Waals surface area contributed by atoms with Crippen molar-refractivity contribution in [3.05, 3.63) is 0 Å². The molecule has 5 rings (SSSR count). The number of fused-ring (bicyclic) bond motifs is 1. The normalized spacial score (nSPS) is 37.8. The summed E-state index contributed by atoms with van der Waals surface area (Å²) >= 11 is 0. The van der Waals surface area contributed by atoms with Gasteiger partial charge in [-0.15, -0.1) is 0 Å². The number of carbonyl (C=O) groups is 1. The quantitative estimate of drug-likeness (QED) is 0.599. The molecule has 0 radical (unpaired) electrons. The first-order valence-corrected chi connectivity index (χ1v) is 13.9. The van der Waals surface area contributed by atoms with Crippen molar-refractivity contribution in [2.24, 2.45) is 17.8 Å². The molecule has 1 saturated carbocycles. The molecule has 6 atom stereocenters. The van der Waals surface area contributed by atoms with Crippen molar-refractivity contribution in [1.29, 1.82) is 0 Å². The van der Waals surface area contributed by atoms with Gasteiger partial charge in [0, 0.05) is 51.7 Å². The van der Waals surface area contributed by atoms with E-state index in [2.05, 4.69) is 34.4 Å². The molecule has 0 aromatic heterocycles. The molecule has 6 unspecified atom stereocenters. The van der Waals surface area contributed by atoms with Gasteiger partial charge in [0.2, 0.25) is 0 Å². The molecule has 1 aliphatic carbocycles. The van der Waals surface area contributed by atoms with Crippen LogP contribution in [0.2, 0.25) is 0 Å². The van der Waals surface area contributed by atoms with Crippen molar-refractivity contribution in [1.82, 2.24) is 25.3 Å². The molecule has 1 amide bonds. The van der Waals surface area contributed by atoms with Gasteiger partial charge in [0.05, 0.1) is 31.5 Å². The first-order valence-electron chi connectivity index (χ1n) is 13.9. The average molecular weight is 510 g/mol. The van der Waals surface area contributed by atoms with Gasteiger partial charge < -0.3 is 19.1 Å². The zero-order valence-corrected chi connectivity index (χ0v) is 23.0. The van der Waals surface area contributed by atoms with Crippen LogP contribution >= 0.6 is 0 Å². The molecule has 0 spiro atoms. The topological polar surface area (TPSA) is 79.0 Å². The predicted octanol–water partition coefficient (Wildman–Crippen LogP) is 2.11. The highest BCUT2D eigenvalue weighted by atomic mass is 16.7. The molecular weight excluding hydrogens is 462 g/mol. The number of hydrogen-bond acceptors (Lipinski definition) is 9. The van der Waals surface area contributed by atoms with Gasteiger partial charge in [-0.3, -0.25) is 9.74 Å². The van der Waals surface area contributed by atoms with Crippen LogP contribution in [0.15, 0.2) is 0 Å². The smallest absolute Gasteiger partial charge is 0.410 e. The molecule has 10 heteroatoms. The second kappa shape index (κ2) is 10.6. The number of piperidine rings is 1. The maximum atomic E-state index is 12.5. The first kappa shape index (κ1) is 26.6. The molecule has 10 nitrogen and oxygen atoms in total. The molecule has 5 fully saturated rings. The van der Waals surface area contributed by atoms with E-state index >= 15 is 0 Å². The van der Waals surface area contributed by atoms with Crippen LogP contribution in [0.4, 0.5) is 4.79 Å². The van der Waals surface area contributed by atoms with Crippen LogP contribution < -0.4 is 5.48 Å². The van der Waals surface area contributed by atoms with Crippen molar-refractivity contribution < 1.29 is 23.8 Å². The van der Waals surface area contributed by atoms with Gasteiger partial charge in [-0.1, -0.05) is 6.92 Å². The third kappa shape index (κ3) is 5.15. The van der Waals surface area contributed by atoms with Crippen molar-refractivity contribution in [3.8, 4) is 0 Å². The maximum Gasteiger partial charge on any atom is 0.410 e. The molecule has 0 aromatic carbocycles. The fraction of sp³-hybridized carbons (Fsp3) is 0.962. The fourth-order valence-electron chi connectivity index (χ4n) is 7.20. The van der Waals surface area contributed by atoms with E-state index < -0.39 is 5.60 Å². The Labute approximate surface area is 216 Å². The zero-order valence-electron chi connectivity index (χ0n) is 23.0. The fourth-order valence-corrected chi connectivity index (χ4v) is 7.20. The van der Waals surface area contributed by atoms with Crippen LogP contribution in [0.25, 0.3) is 0 Å². The largest absolute Gasteiger partial charge is 0.444 e. The highest BCUT2D eigenvalue weighted by Gasteiger charge is 2.54. The molecule has 4 aliphatic heterocycles. The van der Waals surface area contributed by atoms with Gasteiger partial charge >= 0.3 is 6.09 Å². The second-order valence-corrected chi connectivity index (χ2v) is 12.4. The average Bonchev–Trinajstić information content (AvgIpc) is 3.37. The lowest BCUT2D eigenvalue weighted by Crippen LogP contribution is -2.58. The van der Waals surface area contributed by atoms with Gasteiger partial charge in [-0.25, -0.2) is 14.8 Å². The number of methoxy groups -OCH3 is 1. The molecule has 206 valence electrons. The van der Waals surface area contributed by atoms with E-state index in [-0.39, 0.29) is 24.6 Å². The predicted molar refractivity (Wildman–Crippen MR) is 135 cm³/mol. The standard InChI is InChI=1S/C26H47N5O5/c1-7-30-23(17-8-10-29(11-9-17)25(32)35-26(2,3)4)27-36-24(30)18-12-21-20(22(13-18)33-6)14-28(5)31(21)19-15-34-16-19/h17-24,27H,7-16H2,1-6H3. The summed E-state index contributed by atoms with van der Waals surface area (Å²) in [5.41, 5.74) is 2.96. The summed E-state index contributed by atoms with van der Waals surface area (Å²) in [6, 6.07) is 0.945. The van der Waals surface area contributed by atoms with Gasteiger partial charge in [0.1, 0.15) is 11.8 Å². The van der Waals surface area contributed by atoms with E-state index in [4.69, 9.17) is 19.0 Å². The minimum absolute atomic E-state index is 0.0351. The van der Waals surface area contributed by atoms with E-state index in [1.807, 2.05) is 32.8 Å². The number of nitrogens with zero attached hydrogens (tertiary/aromatic N) is 4. The van der Waals surface area contributed by atoms with Crippen LogP contribution in [0.5, 0.6) is 0 Å². The van der Waals surface area contributed by atoms with Gasteiger partial charge in [-0.05, 0) is 58.9 Å². The number of carbonyl (C=O) groups excluding carboxylic acids is 1. The summed E-state index contributed by atoms with van der Waals surface area (Å²) in [7, 11) is 4.08. The Balaban J connectivity index is 1.22. The van der Waals surface area contributed by atoms with Crippen molar-refractivity contribution in [2.45, 2.75) is 89.6 Å². The number of hydroxylamine groups is 1. The van der Waals surface area contributed by atoms with E-state index in [0.29, 0.717) is 29.8 Å². The molecule has 4 saturated heterocycles. The maximum absolute atomic E-state index is 12.5. The van der Waals surface area contributed by atoms with Crippen LogP contribution in [0.3, 0.4) is 0 Å². The van der Waals surface area contributed by atoms with Gasteiger partial charge in [-0.2, -0.15) is 5.48 Å². The molecule has 0 bridgehead atoms. The number of hydrogen-bond donors (Lipinski definition) is 1. The molecule has 5 aliphatic rings. The Hall–Kier alpha value is -1.01. The molecule has 1 N–H and O–H groups in total. The van der Waals surface area contributed by atoms with Crippen LogP contribution in [-0.4, -0.2) is 116 Å². The van der Waals surface area contributed by atoms with Gasteiger partial charge in [0.15, 0.2) is 0 Å². The number of ether oxygens (including phenoxy) is 3. The second-order valence-electron chi connectivity index (χ2n) is 12.4. The van der Waals surface area contributed by atoms with Crippen molar-refractivity contribution in [3.63, 3.8) is 0 Å². The Bertz CT molecular complexity index is 768. The Morgan fingerprint density at radius 1 is 1.11 bits per heavy atom. The summed E-state index contributed by atoms with van der Waals surface area (Å²) in [5.74, 6) is 1.35. The highest BCUT2D eigenvalue weighted by Crippen LogP contribution is 2.44. The van der Waals surface area contributed by atoms with Gasteiger partial charge in [0.25, 0.3) is 0 Å². The van der Waals surface area contributed by atoms with Crippen molar-refractivity contribution in [2.75, 3.05) is 53.6 Å². The number of nitrogens with one attached hydrogen (secondary N) is 1. The van der Waals surface area contributed by atoms with E-state index in [9.17, 15) is 4.79 Å². The summed E-state index contributed by atoms with van der Waals surface area (Å²) in [4.78, 5) is 23.3. The highest BCUT2D eigenvalue weighted by molar-refractivity contribution is 5.68. The van der Waals surface area contributed by atoms with E-state index in [0.717, 1.165) is 65.1 Å². The Morgan fingerprint density at radius 2 is 1.83 bits per heavy atom. The summed E-state index contributed by atoms with van der Waals surface area (Å²) in [6.07, 6.45) is 4.26. The number of amides is 1. The first-order chi connectivity index (χ1) is 17.2. The summed E-state index contributed by atoms with van der Waals surface area (Å²) in [6.45, 7) is 13.1. The third-order valence-corrected chi connectivity index (χ3v) is 8.96. The Morgan fingerprint density at radius 3 is 2.42 bits per heavy atom. The van der Waals surface area contributed by atoms with Crippen LogP contribution in [0.1, 0.15) is 53.4 Å². The SMILES string of the molecule is CCN1C(C2CCN(C(=O)OC(C)(C)C)CC2)NOC1C1CC(OC)C2CN(C)N(C3COC3)C2C1. The lowest BCUT2D eigenvalue weighted by Gasteiger charge is -2.47. The third-order valence-electron chi connectivity index (χ3n) is 8.96. The molecule has 4 heterocycles. The number of rotatable bonds is 5. The Kier molecular flexibility index (Phi) is 7.85. The summed E-state index contributed by atoms with van der Waals surface area (Å²) in [5, 5.41) is 4.98.